The molecule has 2 heterocycles. The minimum Gasteiger partial charge on any atom is -0.381 e. The molecule has 1 fully saturated rings. The van der Waals surface area contributed by atoms with E-state index in [4.69, 9.17) is 4.74 Å². The minimum absolute atomic E-state index is 0.0856. The molecule has 2 aromatic rings. The highest BCUT2D eigenvalue weighted by molar-refractivity contribution is 5.51. The lowest BCUT2D eigenvalue weighted by atomic mass is 9.88. The second-order valence-electron chi connectivity index (χ2n) is 6.53. The van der Waals surface area contributed by atoms with Crippen LogP contribution in [0, 0.1) is 11.3 Å². The van der Waals surface area contributed by atoms with Gasteiger partial charge in [-0.3, -0.25) is 0 Å². The van der Waals surface area contributed by atoms with Crippen LogP contribution in [0.15, 0.2) is 48.7 Å². The zero-order valence-electron chi connectivity index (χ0n) is 14.5. The third-order valence-corrected chi connectivity index (χ3v) is 4.79. The molecule has 0 bridgehead atoms. The van der Waals surface area contributed by atoms with Crippen LogP contribution in [0.4, 0.5) is 5.82 Å². The highest BCUT2D eigenvalue weighted by atomic mass is 16.5. The summed E-state index contributed by atoms with van der Waals surface area (Å²) in [5.41, 5.74) is 1.75. The van der Waals surface area contributed by atoms with E-state index in [1.165, 1.54) is 5.56 Å². The predicted molar refractivity (Wildman–Crippen MR) is 98.2 cm³/mol. The Morgan fingerprint density at radius 2 is 1.96 bits per heavy atom. The van der Waals surface area contributed by atoms with Gasteiger partial charge in [0.25, 0.3) is 0 Å². The summed E-state index contributed by atoms with van der Waals surface area (Å²) in [6.07, 6.45) is 3.55. The molecule has 1 atom stereocenters. The summed E-state index contributed by atoms with van der Waals surface area (Å²) >= 11 is 0. The molecule has 1 saturated heterocycles. The molecular formula is C20H24N4O. The number of benzene rings is 1. The van der Waals surface area contributed by atoms with Gasteiger partial charge in [0.15, 0.2) is 0 Å². The first-order valence-corrected chi connectivity index (χ1v) is 8.72. The van der Waals surface area contributed by atoms with E-state index in [1.54, 1.807) is 18.3 Å². The van der Waals surface area contributed by atoms with Crippen molar-refractivity contribution in [3.05, 3.63) is 59.8 Å². The zero-order valence-corrected chi connectivity index (χ0v) is 14.5. The van der Waals surface area contributed by atoms with Crippen molar-refractivity contribution >= 4 is 5.82 Å². The van der Waals surface area contributed by atoms with Crippen LogP contribution < -0.4 is 10.6 Å². The Labute approximate surface area is 149 Å². The molecule has 5 heteroatoms. The number of nitriles is 1. The summed E-state index contributed by atoms with van der Waals surface area (Å²) in [5.74, 6) is 0.644. The summed E-state index contributed by atoms with van der Waals surface area (Å²) in [4.78, 5) is 4.31. The molecule has 2 N–H and O–H groups in total. The molecule has 3 rings (SSSR count). The average Bonchev–Trinajstić information content (AvgIpc) is 2.68. The predicted octanol–water partition coefficient (Wildman–Crippen LogP) is 3.27. The standard InChI is InChI=1S/C20H24N4O/c1-16(17-6-3-2-4-7-17)24-20(9-12-25-13-10-20)15-23-19-18(14-21)8-5-11-22-19/h2-8,11,16,24H,9-10,12-13,15H2,1H3,(H,22,23). The molecule has 25 heavy (non-hydrogen) atoms. The van der Waals surface area contributed by atoms with Crippen LogP contribution in [0.2, 0.25) is 0 Å². The Balaban J connectivity index is 1.73. The molecule has 1 unspecified atom stereocenters. The molecule has 0 amide bonds. The Hall–Kier alpha value is -2.42. The van der Waals surface area contributed by atoms with E-state index >= 15 is 0 Å². The normalized spacial score (nSPS) is 17.4. The van der Waals surface area contributed by atoms with Gasteiger partial charge in [0, 0.05) is 37.5 Å². The summed E-state index contributed by atoms with van der Waals surface area (Å²) in [6, 6.07) is 16.4. The van der Waals surface area contributed by atoms with Crippen LogP contribution in [0.25, 0.3) is 0 Å². The molecule has 1 aromatic heterocycles. The lowest BCUT2D eigenvalue weighted by Gasteiger charge is -2.40. The van der Waals surface area contributed by atoms with Crippen molar-refractivity contribution in [3.63, 3.8) is 0 Å². The largest absolute Gasteiger partial charge is 0.381 e. The first kappa shape index (κ1) is 17.4. The fourth-order valence-electron chi connectivity index (χ4n) is 3.31. The number of nitrogens with zero attached hydrogens (tertiary/aromatic N) is 2. The molecule has 1 aliphatic rings. The van der Waals surface area contributed by atoms with Crippen molar-refractivity contribution in [1.82, 2.24) is 10.3 Å². The van der Waals surface area contributed by atoms with E-state index in [2.05, 4.69) is 52.9 Å². The van der Waals surface area contributed by atoms with Gasteiger partial charge in [0.2, 0.25) is 0 Å². The van der Waals surface area contributed by atoms with Gasteiger partial charge in [-0.05, 0) is 37.5 Å². The van der Waals surface area contributed by atoms with Crippen molar-refractivity contribution < 1.29 is 4.74 Å². The van der Waals surface area contributed by atoms with Gasteiger partial charge < -0.3 is 15.4 Å². The molecular weight excluding hydrogens is 312 g/mol. The molecule has 0 aliphatic carbocycles. The number of rotatable bonds is 6. The molecule has 1 aromatic carbocycles. The zero-order chi connectivity index (χ0) is 17.5. The van der Waals surface area contributed by atoms with Crippen LogP contribution in [-0.4, -0.2) is 30.3 Å². The lowest BCUT2D eigenvalue weighted by molar-refractivity contribution is 0.0389. The second kappa shape index (κ2) is 8.11. The van der Waals surface area contributed by atoms with Crippen LogP contribution in [-0.2, 0) is 4.74 Å². The number of hydrogen-bond acceptors (Lipinski definition) is 5. The summed E-state index contributed by atoms with van der Waals surface area (Å²) in [6.45, 7) is 4.38. The maximum Gasteiger partial charge on any atom is 0.143 e. The minimum atomic E-state index is -0.0856. The number of hydrogen-bond donors (Lipinski definition) is 2. The van der Waals surface area contributed by atoms with Crippen molar-refractivity contribution in [1.29, 1.82) is 5.26 Å². The van der Waals surface area contributed by atoms with Gasteiger partial charge in [-0.15, -0.1) is 0 Å². The van der Waals surface area contributed by atoms with Crippen LogP contribution in [0.1, 0.15) is 36.9 Å². The fourth-order valence-corrected chi connectivity index (χ4v) is 3.31. The molecule has 5 nitrogen and oxygen atoms in total. The van der Waals surface area contributed by atoms with Crippen molar-refractivity contribution in [2.24, 2.45) is 0 Å². The highest BCUT2D eigenvalue weighted by Crippen LogP contribution is 2.26. The Kier molecular flexibility index (Phi) is 5.64. The quantitative estimate of drug-likeness (QED) is 0.847. The Bertz CT molecular complexity index is 720. The van der Waals surface area contributed by atoms with Crippen molar-refractivity contribution in [2.45, 2.75) is 31.3 Å². The number of ether oxygens (including phenoxy) is 1. The van der Waals surface area contributed by atoms with Crippen molar-refractivity contribution in [2.75, 3.05) is 25.1 Å². The maximum absolute atomic E-state index is 9.25. The molecule has 0 spiro atoms. The van der Waals surface area contributed by atoms with Gasteiger partial charge in [-0.25, -0.2) is 4.98 Å². The third-order valence-electron chi connectivity index (χ3n) is 4.79. The van der Waals surface area contributed by atoms with Gasteiger partial charge in [0.05, 0.1) is 5.56 Å². The average molecular weight is 336 g/mol. The Morgan fingerprint density at radius 3 is 2.68 bits per heavy atom. The number of pyridine rings is 1. The number of aromatic nitrogens is 1. The van der Waals surface area contributed by atoms with Gasteiger partial charge >= 0.3 is 0 Å². The first-order valence-electron chi connectivity index (χ1n) is 8.72. The SMILES string of the molecule is CC(NC1(CNc2ncccc2C#N)CCOCC1)c1ccccc1. The molecule has 1 aliphatic heterocycles. The Morgan fingerprint density at radius 1 is 1.20 bits per heavy atom. The van der Waals surface area contributed by atoms with E-state index in [0.717, 1.165) is 26.1 Å². The fraction of sp³-hybridized carbons (Fsp3) is 0.400. The lowest BCUT2D eigenvalue weighted by Crippen LogP contribution is -2.54. The van der Waals surface area contributed by atoms with E-state index in [1.807, 2.05) is 6.07 Å². The van der Waals surface area contributed by atoms with E-state index in [-0.39, 0.29) is 11.6 Å². The maximum atomic E-state index is 9.25. The van der Waals surface area contributed by atoms with Crippen molar-refractivity contribution in [3.8, 4) is 6.07 Å². The monoisotopic (exact) mass is 336 g/mol. The molecule has 130 valence electrons. The second-order valence-corrected chi connectivity index (χ2v) is 6.53. The topological polar surface area (TPSA) is 70.0 Å². The highest BCUT2D eigenvalue weighted by Gasteiger charge is 2.34. The summed E-state index contributed by atoms with van der Waals surface area (Å²) in [5, 5.41) is 16.4. The number of nitrogens with one attached hydrogen (secondary N) is 2. The summed E-state index contributed by atoms with van der Waals surface area (Å²) in [7, 11) is 0. The van der Waals surface area contributed by atoms with Crippen LogP contribution in [0.3, 0.4) is 0 Å². The molecule has 0 radical (unpaired) electrons. The van der Waals surface area contributed by atoms with E-state index < -0.39 is 0 Å². The van der Waals surface area contributed by atoms with Crippen LogP contribution >= 0.6 is 0 Å². The first-order chi connectivity index (χ1) is 12.2. The van der Waals surface area contributed by atoms with Gasteiger partial charge in [-0.2, -0.15) is 5.26 Å². The van der Waals surface area contributed by atoms with E-state index in [9.17, 15) is 5.26 Å². The van der Waals surface area contributed by atoms with Crippen LogP contribution in [0.5, 0.6) is 0 Å². The van der Waals surface area contributed by atoms with Gasteiger partial charge in [-0.1, -0.05) is 30.3 Å². The molecule has 0 saturated carbocycles. The smallest absolute Gasteiger partial charge is 0.143 e. The number of anilines is 1. The summed E-state index contributed by atoms with van der Waals surface area (Å²) < 4.78 is 5.57. The van der Waals surface area contributed by atoms with Gasteiger partial charge in [0.1, 0.15) is 11.9 Å². The van der Waals surface area contributed by atoms with E-state index in [0.29, 0.717) is 17.9 Å². The third kappa shape index (κ3) is 4.36.